The van der Waals surface area contributed by atoms with Gasteiger partial charge in [-0.3, -0.25) is 9.10 Å². The van der Waals surface area contributed by atoms with Crippen molar-refractivity contribution in [2.75, 3.05) is 4.31 Å². The number of sulfonamides is 1. The minimum absolute atomic E-state index is 0.0589. The van der Waals surface area contributed by atoms with Crippen LogP contribution in [0.1, 0.15) is 65.0 Å². The van der Waals surface area contributed by atoms with Crippen LogP contribution in [0.2, 0.25) is 0 Å². The number of ether oxygens (including phenoxy) is 1. The van der Waals surface area contributed by atoms with E-state index in [1.54, 1.807) is 28.6 Å². The van der Waals surface area contributed by atoms with E-state index in [4.69, 9.17) is 4.74 Å². The van der Waals surface area contributed by atoms with Crippen LogP contribution in [0.15, 0.2) is 53.4 Å². The van der Waals surface area contributed by atoms with Gasteiger partial charge < -0.3 is 4.74 Å². The Labute approximate surface area is 210 Å². The number of nitrogens with zero attached hydrogens (tertiary/aromatic N) is 1. The molecule has 35 heavy (non-hydrogen) atoms. The number of carbonyl (C=O) groups is 1. The number of hydrogen-bond acceptors (Lipinski definition) is 4. The molecule has 0 aliphatic heterocycles. The lowest BCUT2D eigenvalue weighted by Gasteiger charge is -2.43. The molecule has 0 heterocycles. The molecule has 190 valence electrons. The summed E-state index contributed by atoms with van der Waals surface area (Å²) >= 11 is 0. The van der Waals surface area contributed by atoms with E-state index in [1.807, 2.05) is 52.0 Å². The van der Waals surface area contributed by atoms with E-state index < -0.39 is 22.2 Å². The molecular weight excluding hydrogens is 459 g/mol. The normalized spacial score (nSPS) is 28.0. The highest BCUT2D eigenvalue weighted by molar-refractivity contribution is 7.92. The van der Waals surface area contributed by atoms with Gasteiger partial charge >= 0.3 is 5.97 Å². The predicted octanol–water partition coefficient (Wildman–Crippen LogP) is 6.28. The lowest BCUT2D eigenvalue weighted by molar-refractivity contribution is -0.158. The van der Waals surface area contributed by atoms with E-state index in [0.717, 1.165) is 24.0 Å². The molecular formula is C29H39NO4S. The van der Waals surface area contributed by atoms with E-state index >= 15 is 0 Å². The summed E-state index contributed by atoms with van der Waals surface area (Å²) in [6.07, 6.45) is 1.60. The molecule has 2 fully saturated rings. The highest BCUT2D eigenvalue weighted by Crippen LogP contribution is 2.68. The first-order valence-corrected chi connectivity index (χ1v) is 14.1. The van der Waals surface area contributed by atoms with Gasteiger partial charge in [0.1, 0.15) is 6.10 Å². The van der Waals surface area contributed by atoms with Crippen LogP contribution in [-0.2, 0) is 19.6 Å². The van der Waals surface area contributed by atoms with E-state index in [1.165, 1.54) is 0 Å². The summed E-state index contributed by atoms with van der Waals surface area (Å²) in [7, 11) is -3.92. The van der Waals surface area contributed by atoms with Crippen LogP contribution in [0.5, 0.6) is 0 Å². The van der Waals surface area contributed by atoms with Gasteiger partial charge in [0.25, 0.3) is 10.0 Å². The quantitative estimate of drug-likeness (QED) is 0.333. The fourth-order valence-electron chi connectivity index (χ4n) is 6.52. The Bertz CT molecular complexity index is 1180. The largest absolute Gasteiger partial charge is 0.459 e. The number of hydrogen-bond donors (Lipinski definition) is 0. The molecule has 5 nitrogen and oxygen atoms in total. The van der Waals surface area contributed by atoms with Crippen LogP contribution in [0.25, 0.3) is 0 Å². The van der Waals surface area contributed by atoms with Gasteiger partial charge in [0.05, 0.1) is 16.6 Å². The maximum absolute atomic E-state index is 14.3. The molecule has 0 N–H and O–H groups in total. The van der Waals surface area contributed by atoms with Crippen LogP contribution in [-0.4, -0.2) is 26.5 Å². The van der Waals surface area contributed by atoms with Gasteiger partial charge in [-0.15, -0.1) is 0 Å². The van der Waals surface area contributed by atoms with Gasteiger partial charge in [-0.1, -0.05) is 58.9 Å². The first-order chi connectivity index (χ1) is 16.3. The van der Waals surface area contributed by atoms with Crippen LogP contribution < -0.4 is 4.31 Å². The summed E-state index contributed by atoms with van der Waals surface area (Å²) in [6.45, 7) is 14.5. The monoisotopic (exact) mass is 498 g/mol. The highest BCUT2D eigenvalue weighted by atomic mass is 32.2. The minimum Gasteiger partial charge on any atom is -0.459 e. The predicted molar refractivity (Wildman–Crippen MR) is 140 cm³/mol. The zero-order valence-electron chi connectivity index (χ0n) is 22.0. The van der Waals surface area contributed by atoms with Gasteiger partial charge in [-0.2, -0.15) is 0 Å². The van der Waals surface area contributed by atoms with Crippen molar-refractivity contribution in [3.63, 3.8) is 0 Å². The third-order valence-electron chi connectivity index (χ3n) is 8.59. The zero-order chi connectivity index (χ0) is 25.8. The van der Waals surface area contributed by atoms with Crippen molar-refractivity contribution < 1.29 is 17.9 Å². The minimum atomic E-state index is -3.92. The smallest absolute Gasteiger partial charge is 0.306 e. The standard InChI is InChI=1S/C29H39NO4S/c1-19(2)15-25(31)34-27-26(24-13-14-29(27,7)28(24,5)6)30(22-17-20(3)16-21(4)18-22)35(32,33)23-11-9-8-10-12-23/h8-12,16-19,24,26-27H,13-15H2,1-7H3/t24-,26-,27-,29+/m1/s1/i1+1/t19-,24+,26+,27+,29-/m0. The highest BCUT2D eigenvalue weighted by Gasteiger charge is 2.70. The van der Waals surface area contributed by atoms with Gasteiger partial charge in [0.2, 0.25) is 0 Å². The molecule has 5 atom stereocenters. The molecule has 0 amide bonds. The topological polar surface area (TPSA) is 63.7 Å². The molecule has 0 aromatic heterocycles. The van der Waals surface area contributed by atoms with Crippen molar-refractivity contribution in [1.82, 2.24) is 0 Å². The Kier molecular flexibility index (Phi) is 6.58. The molecule has 6 heteroatoms. The van der Waals surface area contributed by atoms with Gasteiger partial charge in [0, 0.05) is 11.8 Å². The number of aryl methyl sites for hydroxylation is 2. The van der Waals surface area contributed by atoms with Crippen LogP contribution in [0.3, 0.4) is 0 Å². The maximum atomic E-state index is 14.3. The second-order valence-corrected chi connectivity index (χ2v) is 13.6. The van der Waals surface area contributed by atoms with Gasteiger partial charge in [-0.05, 0) is 79.3 Å². The van der Waals surface area contributed by atoms with Crippen LogP contribution in [0, 0.1) is 36.5 Å². The Morgan fingerprint density at radius 3 is 2.23 bits per heavy atom. The lowest BCUT2D eigenvalue weighted by atomic mass is 9.70. The Hall–Kier alpha value is -2.34. The number of anilines is 1. The van der Waals surface area contributed by atoms with Gasteiger partial charge in [0.15, 0.2) is 0 Å². The van der Waals surface area contributed by atoms with Crippen molar-refractivity contribution in [3.8, 4) is 0 Å². The first kappa shape index (κ1) is 25.7. The Morgan fingerprint density at radius 2 is 1.66 bits per heavy atom. The van der Waals surface area contributed by atoms with Crippen molar-refractivity contribution in [1.29, 1.82) is 0 Å². The zero-order valence-corrected chi connectivity index (χ0v) is 22.9. The summed E-state index contributed by atoms with van der Waals surface area (Å²) < 4.78 is 36.5. The lowest BCUT2D eigenvalue weighted by Crippen LogP contribution is -2.53. The summed E-state index contributed by atoms with van der Waals surface area (Å²) in [4.78, 5) is 13.2. The average Bonchev–Trinajstić information content (AvgIpc) is 3.06. The third-order valence-corrected chi connectivity index (χ3v) is 10.4. The summed E-state index contributed by atoms with van der Waals surface area (Å²) in [5.74, 6) is -0.0235. The molecule has 0 saturated heterocycles. The van der Waals surface area contributed by atoms with Gasteiger partial charge in [-0.25, -0.2) is 8.42 Å². The Morgan fingerprint density at radius 1 is 1.06 bits per heavy atom. The van der Waals surface area contributed by atoms with Crippen molar-refractivity contribution in [2.45, 2.75) is 84.8 Å². The number of benzene rings is 2. The van der Waals surface area contributed by atoms with Crippen LogP contribution >= 0.6 is 0 Å². The molecule has 0 spiro atoms. The molecule has 4 rings (SSSR count). The number of esters is 1. The summed E-state index contributed by atoms with van der Waals surface area (Å²) in [5.41, 5.74) is 2.11. The molecule has 2 aliphatic rings. The Balaban J connectivity index is 1.92. The van der Waals surface area contributed by atoms with Crippen molar-refractivity contribution in [2.24, 2.45) is 22.7 Å². The molecule has 2 aromatic carbocycles. The van der Waals surface area contributed by atoms with Crippen molar-refractivity contribution >= 4 is 21.7 Å². The number of carbonyl (C=O) groups excluding carboxylic acids is 1. The number of rotatable bonds is 7. The summed E-state index contributed by atoms with van der Waals surface area (Å²) in [6, 6.07) is 14.0. The fraction of sp³-hybridized carbons (Fsp3) is 0.552. The average molecular weight is 499 g/mol. The second kappa shape index (κ2) is 8.95. The molecule has 0 radical (unpaired) electrons. The number of fused-ring (bicyclic) bond motifs is 2. The SMILES string of the molecule is Cc1cc(C)cc(N([C@@H]2[C@H]3CC[C@@](C)([C@@H]2OC(=O)C[C@H](C)[13CH3])C3(C)C)S(=O)(=O)c2ccccc2)c1. The van der Waals surface area contributed by atoms with E-state index in [2.05, 4.69) is 20.8 Å². The summed E-state index contributed by atoms with van der Waals surface area (Å²) in [5, 5.41) is 0. The molecule has 0 unspecified atom stereocenters. The maximum Gasteiger partial charge on any atom is 0.306 e. The fourth-order valence-corrected chi connectivity index (χ4v) is 8.21. The first-order valence-electron chi connectivity index (χ1n) is 12.7. The molecule has 2 saturated carbocycles. The third kappa shape index (κ3) is 4.28. The molecule has 2 aromatic rings. The van der Waals surface area contributed by atoms with E-state index in [9.17, 15) is 13.2 Å². The van der Waals surface area contributed by atoms with Crippen molar-refractivity contribution in [3.05, 3.63) is 59.7 Å². The van der Waals surface area contributed by atoms with E-state index in [0.29, 0.717) is 12.1 Å². The molecule has 2 aliphatic carbocycles. The van der Waals surface area contributed by atoms with Crippen LogP contribution in [0.4, 0.5) is 5.69 Å². The van der Waals surface area contributed by atoms with E-state index in [-0.39, 0.29) is 33.5 Å². The second-order valence-electron chi connectivity index (χ2n) is 11.7. The molecule has 2 bridgehead atoms.